The molecule has 2 N–H and O–H groups in total. The fourth-order valence-electron chi connectivity index (χ4n) is 1.97. The van der Waals surface area contributed by atoms with Gasteiger partial charge < -0.3 is 5.11 Å². The van der Waals surface area contributed by atoms with E-state index in [0.29, 0.717) is 16.1 Å². The first-order chi connectivity index (χ1) is 10.4. The van der Waals surface area contributed by atoms with Gasteiger partial charge >= 0.3 is 0 Å². The Morgan fingerprint density at radius 2 is 1.95 bits per heavy atom. The van der Waals surface area contributed by atoms with Gasteiger partial charge in [0, 0.05) is 16.1 Å². The van der Waals surface area contributed by atoms with Gasteiger partial charge in [-0.05, 0) is 37.6 Å². The van der Waals surface area contributed by atoms with Crippen LogP contribution in [0.5, 0.6) is 5.75 Å². The zero-order valence-corrected chi connectivity index (χ0v) is 13.5. The monoisotopic (exact) mass is 336 g/mol. The third kappa shape index (κ3) is 3.78. The summed E-state index contributed by atoms with van der Waals surface area (Å²) >= 11 is 11.7. The number of nitrogens with zero attached hydrogens (tertiary/aromatic N) is 1. The lowest BCUT2D eigenvalue weighted by Gasteiger charge is -2.05. The summed E-state index contributed by atoms with van der Waals surface area (Å²) in [6, 6.07) is 8.43. The number of amides is 1. The molecule has 0 radical (unpaired) electrons. The summed E-state index contributed by atoms with van der Waals surface area (Å²) in [5.41, 5.74) is 5.21. The van der Waals surface area contributed by atoms with E-state index in [4.69, 9.17) is 23.2 Å². The largest absolute Gasteiger partial charge is 0.506 e. The highest BCUT2D eigenvalue weighted by Crippen LogP contribution is 2.29. The van der Waals surface area contributed by atoms with Gasteiger partial charge in [0.1, 0.15) is 5.75 Å². The van der Waals surface area contributed by atoms with Crippen molar-refractivity contribution >= 4 is 35.3 Å². The van der Waals surface area contributed by atoms with E-state index >= 15 is 0 Å². The minimum absolute atomic E-state index is 0.120. The van der Waals surface area contributed by atoms with Gasteiger partial charge in [-0.2, -0.15) is 5.10 Å². The Hall–Kier alpha value is -2.04. The molecular weight excluding hydrogens is 323 g/mol. The van der Waals surface area contributed by atoms with Crippen molar-refractivity contribution in [3.05, 3.63) is 62.6 Å². The first-order valence-corrected chi connectivity index (χ1v) is 7.22. The topological polar surface area (TPSA) is 61.7 Å². The molecule has 0 fully saturated rings. The lowest BCUT2D eigenvalue weighted by Crippen LogP contribution is -2.18. The summed E-state index contributed by atoms with van der Waals surface area (Å²) in [6.07, 6.45) is 1.29. The van der Waals surface area contributed by atoms with Crippen LogP contribution >= 0.6 is 23.2 Å². The SMILES string of the molecule is Cc1ccc(C(=O)NN=Cc2cc(Cl)cc(Cl)c2O)c(C)c1. The Bertz CT molecular complexity index is 758. The molecule has 0 atom stereocenters. The number of carbonyl (C=O) groups is 1. The number of carbonyl (C=O) groups excluding carboxylic acids is 1. The van der Waals surface area contributed by atoms with Gasteiger partial charge in [0.15, 0.2) is 0 Å². The zero-order chi connectivity index (χ0) is 16.3. The van der Waals surface area contributed by atoms with E-state index in [2.05, 4.69) is 10.5 Å². The Morgan fingerprint density at radius 3 is 2.64 bits per heavy atom. The van der Waals surface area contributed by atoms with Gasteiger partial charge in [0.2, 0.25) is 0 Å². The molecule has 2 rings (SSSR count). The first-order valence-electron chi connectivity index (χ1n) is 6.47. The number of aromatic hydroxyl groups is 1. The maximum atomic E-state index is 12.0. The molecule has 114 valence electrons. The molecule has 0 aliphatic rings. The molecule has 4 nitrogen and oxygen atoms in total. The van der Waals surface area contributed by atoms with E-state index in [-0.39, 0.29) is 16.7 Å². The summed E-state index contributed by atoms with van der Waals surface area (Å²) in [7, 11) is 0. The second kappa shape index (κ2) is 6.81. The van der Waals surface area contributed by atoms with Crippen LogP contribution in [0.2, 0.25) is 10.0 Å². The Kier molecular flexibility index (Phi) is 5.06. The quantitative estimate of drug-likeness (QED) is 0.655. The van der Waals surface area contributed by atoms with Gasteiger partial charge in [-0.15, -0.1) is 0 Å². The molecule has 0 aromatic heterocycles. The first kappa shape index (κ1) is 16.3. The van der Waals surface area contributed by atoms with Crippen molar-refractivity contribution in [3.63, 3.8) is 0 Å². The van der Waals surface area contributed by atoms with Crippen LogP contribution in [-0.4, -0.2) is 17.2 Å². The lowest BCUT2D eigenvalue weighted by molar-refractivity contribution is 0.0954. The molecular formula is C16H14Cl2N2O2. The number of phenols is 1. The minimum atomic E-state index is -0.332. The van der Waals surface area contributed by atoms with Gasteiger partial charge in [-0.1, -0.05) is 40.9 Å². The Labute approximate surface area is 138 Å². The smallest absolute Gasteiger partial charge is 0.271 e. The second-order valence-electron chi connectivity index (χ2n) is 4.84. The van der Waals surface area contributed by atoms with Crippen molar-refractivity contribution in [2.75, 3.05) is 0 Å². The van der Waals surface area contributed by atoms with Crippen LogP contribution < -0.4 is 5.43 Å². The summed E-state index contributed by atoms with van der Waals surface area (Å²) < 4.78 is 0. The van der Waals surface area contributed by atoms with E-state index in [1.807, 2.05) is 26.0 Å². The molecule has 0 spiro atoms. The highest BCUT2D eigenvalue weighted by molar-refractivity contribution is 6.36. The number of hydrogen-bond donors (Lipinski definition) is 2. The number of benzene rings is 2. The Morgan fingerprint density at radius 1 is 1.23 bits per heavy atom. The molecule has 0 aliphatic heterocycles. The predicted octanol–water partition coefficient (Wildman–Crippen LogP) is 4.08. The molecule has 2 aromatic carbocycles. The van der Waals surface area contributed by atoms with Gasteiger partial charge in [-0.3, -0.25) is 4.79 Å². The predicted molar refractivity (Wildman–Crippen MR) is 89.1 cm³/mol. The van der Waals surface area contributed by atoms with Crippen LogP contribution in [0, 0.1) is 13.8 Å². The van der Waals surface area contributed by atoms with Crippen LogP contribution in [0.15, 0.2) is 35.4 Å². The van der Waals surface area contributed by atoms with E-state index in [0.717, 1.165) is 11.1 Å². The third-order valence-corrected chi connectivity index (χ3v) is 3.56. The van der Waals surface area contributed by atoms with Crippen molar-refractivity contribution in [3.8, 4) is 5.75 Å². The van der Waals surface area contributed by atoms with Crippen LogP contribution in [0.4, 0.5) is 0 Å². The summed E-state index contributed by atoms with van der Waals surface area (Å²) in [5, 5.41) is 14.1. The standard InChI is InChI=1S/C16H14Cl2N2O2/c1-9-3-4-13(10(2)5-9)16(22)20-19-8-11-6-12(17)7-14(18)15(11)21/h3-8,21H,1-2H3,(H,20,22). The van der Waals surface area contributed by atoms with E-state index in [9.17, 15) is 9.90 Å². The number of nitrogens with one attached hydrogen (secondary N) is 1. The van der Waals surface area contributed by atoms with Crippen molar-refractivity contribution in [2.45, 2.75) is 13.8 Å². The van der Waals surface area contributed by atoms with Gasteiger partial charge in [-0.25, -0.2) is 5.43 Å². The normalized spacial score (nSPS) is 10.9. The maximum absolute atomic E-state index is 12.0. The summed E-state index contributed by atoms with van der Waals surface area (Å²) in [5.74, 6) is -0.475. The number of halogens is 2. The number of aryl methyl sites for hydroxylation is 2. The number of hydrazone groups is 1. The molecule has 0 saturated heterocycles. The van der Waals surface area contributed by atoms with Crippen molar-refractivity contribution in [1.29, 1.82) is 0 Å². The van der Waals surface area contributed by atoms with Crippen LogP contribution in [0.3, 0.4) is 0 Å². The molecule has 2 aromatic rings. The maximum Gasteiger partial charge on any atom is 0.271 e. The second-order valence-corrected chi connectivity index (χ2v) is 5.69. The van der Waals surface area contributed by atoms with Crippen LogP contribution in [0.1, 0.15) is 27.0 Å². The average Bonchev–Trinajstić information content (AvgIpc) is 2.43. The van der Waals surface area contributed by atoms with E-state index < -0.39 is 0 Å². The molecule has 22 heavy (non-hydrogen) atoms. The van der Waals surface area contributed by atoms with Crippen LogP contribution in [-0.2, 0) is 0 Å². The molecule has 1 amide bonds. The Balaban J connectivity index is 2.14. The summed E-state index contributed by atoms with van der Waals surface area (Å²) in [6.45, 7) is 3.81. The highest BCUT2D eigenvalue weighted by Gasteiger charge is 2.09. The van der Waals surface area contributed by atoms with Crippen LogP contribution in [0.25, 0.3) is 0 Å². The van der Waals surface area contributed by atoms with Gasteiger partial charge in [0.05, 0.1) is 11.2 Å². The third-order valence-electron chi connectivity index (χ3n) is 3.05. The molecule has 0 saturated carbocycles. The highest BCUT2D eigenvalue weighted by atomic mass is 35.5. The molecule has 6 heteroatoms. The van der Waals surface area contributed by atoms with E-state index in [1.54, 1.807) is 6.07 Å². The lowest BCUT2D eigenvalue weighted by atomic mass is 10.1. The van der Waals surface area contributed by atoms with Crippen molar-refractivity contribution in [2.24, 2.45) is 5.10 Å². The summed E-state index contributed by atoms with van der Waals surface area (Å²) in [4.78, 5) is 12.0. The molecule has 0 unspecified atom stereocenters. The van der Waals surface area contributed by atoms with Crippen molar-refractivity contribution in [1.82, 2.24) is 5.43 Å². The number of hydrogen-bond acceptors (Lipinski definition) is 3. The molecule has 0 heterocycles. The minimum Gasteiger partial charge on any atom is -0.506 e. The zero-order valence-electron chi connectivity index (χ0n) is 12.0. The molecule has 0 aliphatic carbocycles. The number of phenolic OH excluding ortho intramolecular Hbond substituents is 1. The van der Waals surface area contributed by atoms with Gasteiger partial charge in [0.25, 0.3) is 5.91 Å². The van der Waals surface area contributed by atoms with E-state index in [1.165, 1.54) is 18.3 Å². The molecule has 0 bridgehead atoms. The average molecular weight is 337 g/mol. The fourth-order valence-corrected chi connectivity index (χ4v) is 2.48. The number of rotatable bonds is 3. The van der Waals surface area contributed by atoms with Crippen molar-refractivity contribution < 1.29 is 9.90 Å². The fraction of sp³-hybridized carbons (Fsp3) is 0.125.